The van der Waals surface area contributed by atoms with Gasteiger partial charge in [0.25, 0.3) is 0 Å². The summed E-state index contributed by atoms with van der Waals surface area (Å²) in [5.74, 6) is 1.04. The van der Waals surface area contributed by atoms with Crippen molar-refractivity contribution < 1.29 is 0 Å². The molecule has 32 heavy (non-hydrogen) atoms. The number of nitrogens with zero attached hydrogens (tertiary/aromatic N) is 5. The Morgan fingerprint density at radius 1 is 1.09 bits per heavy atom. The maximum Gasteiger partial charge on any atom is 0.138 e. The van der Waals surface area contributed by atoms with Crippen LogP contribution in [0.2, 0.25) is 0 Å². The molecule has 1 aliphatic rings. The number of piperazine rings is 1. The van der Waals surface area contributed by atoms with Gasteiger partial charge in [0.2, 0.25) is 0 Å². The summed E-state index contributed by atoms with van der Waals surface area (Å²) in [5, 5.41) is 10.0. The molecule has 3 aromatic heterocycles. The highest BCUT2D eigenvalue weighted by Crippen LogP contribution is 2.33. The third kappa shape index (κ3) is 3.61. The minimum Gasteiger partial charge on any atom is -0.353 e. The van der Waals surface area contributed by atoms with Crippen molar-refractivity contribution in [3.05, 3.63) is 60.9 Å². The van der Waals surface area contributed by atoms with E-state index in [1.54, 1.807) is 6.20 Å². The van der Waals surface area contributed by atoms with E-state index in [-0.39, 0.29) is 0 Å². The molecule has 0 aliphatic carbocycles. The predicted molar refractivity (Wildman–Crippen MR) is 133 cm³/mol. The molecule has 0 amide bonds. The molecule has 0 spiro atoms. The van der Waals surface area contributed by atoms with Crippen LogP contribution < -0.4 is 4.90 Å². The van der Waals surface area contributed by atoms with Gasteiger partial charge in [-0.15, -0.1) is 0 Å². The van der Waals surface area contributed by atoms with Gasteiger partial charge in [0.05, 0.1) is 16.7 Å². The predicted octanol–water partition coefficient (Wildman–Crippen LogP) is 4.48. The number of H-pyrrole nitrogens is 2. The fourth-order valence-electron chi connectivity index (χ4n) is 4.28. The van der Waals surface area contributed by atoms with Gasteiger partial charge in [0.1, 0.15) is 11.5 Å². The summed E-state index contributed by atoms with van der Waals surface area (Å²) in [6.45, 7) is 9.73. The molecule has 0 radical (unpaired) electrons. The number of likely N-dealkylation sites (N-methyl/N-ethyl adjacent to an activating group) is 1. The van der Waals surface area contributed by atoms with Crippen molar-refractivity contribution in [1.29, 1.82) is 0 Å². The van der Waals surface area contributed by atoms with Crippen molar-refractivity contribution >= 4 is 39.4 Å². The summed E-state index contributed by atoms with van der Waals surface area (Å²) in [4.78, 5) is 17.2. The van der Waals surface area contributed by atoms with Gasteiger partial charge in [-0.05, 0) is 49.4 Å². The molecule has 7 heteroatoms. The largest absolute Gasteiger partial charge is 0.353 e. The average Bonchev–Trinajstić information content (AvgIpc) is 3.43. The Balaban J connectivity index is 1.57. The molecular weight excluding hydrogens is 398 g/mol. The average molecular weight is 426 g/mol. The number of allylic oxidation sites excluding steroid dienone is 2. The number of fused-ring (bicyclic) bond motifs is 2. The fourth-order valence-corrected chi connectivity index (χ4v) is 4.28. The Morgan fingerprint density at radius 2 is 1.94 bits per heavy atom. The zero-order chi connectivity index (χ0) is 22.1. The second-order valence-electron chi connectivity index (χ2n) is 8.11. The van der Waals surface area contributed by atoms with Crippen molar-refractivity contribution in [2.24, 2.45) is 4.99 Å². The van der Waals surface area contributed by atoms with Gasteiger partial charge in [-0.3, -0.25) is 10.1 Å². The third-order valence-corrected chi connectivity index (χ3v) is 6.11. The van der Waals surface area contributed by atoms with Crippen LogP contribution in [0.1, 0.15) is 12.5 Å². The zero-order valence-electron chi connectivity index (χ0n) is 18.5. The van der Waals surface area contributed by atoms with E-state index < -0.39 is 0 Å². The monoisotopic (exact) mass is 425 g/mol. The number of nitrogens with one attached hydrogen (secondary N) is 2. The number of rotatable bonds is 5. The third-order valence-electron chi connectivity index (χ3n) is 6.11. The molecule has 4 aromatic rings. The summed E-state index contributed by atoms with van der Waals surface area (Å²) in [6.07, 6.45) is 7.30. The molecule has 2 N–H and O–H groups in total. The maximum absolute atomic E-state index is 4.72. The number of aliphatic imine (C=N–C) groups is 1. The van der Waals surface area contributed by atoms with Gasteiger partial charge in [0, 0.05) is 55.6 Å². The van der Waals surface area contributed by atoms with E-state index in [0.29, 0.717) is 0 Å². The Hall–Kier alpha value is -3.71. The molecule has 5 rings (SSSR count). The van der Waals surface area contributed by atoms with Crippen LogP contribution in [0.4, 0.5) is 5.82 Å². The lowest BCUT2D eigenvalue weighted by atomic mass is 10.0. The van der Waals surface area contributed by atoms with E-state index in [2.05, 4.69) is 67.9 Å². The highest BCUT2D eigenvalue weighted by molar-refractivity contribution is 6.11. The lowest BCUT2D eigenvalue weighted by molar-refractivity contribution is 0.312. The highest BCUT2D eigenvalue weighted by Gasteiger charge is 2.20. The first-order chi connectivity index (χ1) is 15.7. The lowest BCUT2D eigenvalue weighted by Crippen LogP contribution is -2.44. The maximum atomic E-state index is 4.72. The second kappa shape index (κ2) is 8.43. The SMILES string of the molecule is C=CN=C/C(=C\C)c1ccc2[nH]nc(-c3cc4c(N5CCN(C)CC5)nccc4[nH]3)c2c1. The number of hydrogen-bond donors (Lipinski definition) is 2. The normalized spacial score (nSPS) is 15.9. The van der Waals surface area contributed by atoms with Gasteiger partial charge in [0.15, 0.2) is 0 Å². The van der Waals surface area contributed by atoms with Gasteiger partial charge in [-0.25, -0.2) is 4.98 Å². The van der Waals surface area contributed by atoms with E-state index in [9.17, 15) is 0 Å². The summed E-state index contributed by atoms with van der Waals surface area (Å²) in [7, 11) is 2.17. The summed E-state index contributed by atoms with van der Waals surface area (Å²) in [5.41, 5.74) is 6.08. The van der Waals surface area contributed by atoms with E-state index in [4.69, 9.17) is 4.98 Å². The van der Waals surface area contributed by atoms with Crippen LogP contribution in [0.15, 0.2) is 60.4 Å². The minimum absolute atomic E-state index is 0.901. The summed E-state index contributed by atoms with van der Waals surface area (Å²) >= 11 is 0. The van der Waals surface area contributed by atoms with Crippen molar-refractivity contribution in [3.63, 3.8) is 0 Å². The van der Waals surface area contributed by atoms with Gasteiger partial charge < -0.3 is 14.8 Å². The van der Waals surface area contributed by atoms with Gasteiger partial charge >= 0.3 is 0 Å². The van der Waals surface area contributed by atoms with Crippen LogP contribution in [0, 0.1) is 0 Å². The fraction of sp³-hybridized carbons (Fsp3) is 0.240. The number of benzene rings is 1. The van der Waals surface area contributed by atoms with Crippen LogP contribution in [0.25, 0.3) is 38.8 Å². The number of anilines is 1. The Morgan fingerprint density at radius 3 is 2.72 bits per heavy atom. The molecular formula is C25H27N7. The number of aromatic nitrogens is 4. The van der Waals surface area contributed by atoms with Crippen molar-refractivity contribution in [3.8, 4) is 11.4 Å². The van der Waals surface area contributed by atoms with E-state index in [1.807, 2.05) is 31.5 Å². The van der Waals surface area contributed by atoms with Crippen molar-refractivity contribution in [2.75, 3.05) is 38.1 Å². The smallest absolute Gasteiger partial charge is 0.138 e. The number of pyridine rings is 1. The molecule has 1 fully saturated rings. The van der Waals surface area contributed by atoms with Crippen LogP contribution in [-0.2, 0) is 0 Å². The van der Waals surface area contributed by atoms with E-state index in [1.165, 1.54) is 0 Å². The van der Waals surface area contributed by atoms with Crippen LogP contribution >= 0.6 is 0 Å². The molecule has 0 unspecified atom stereocenters. The van der Waals surface area contributed by atoms with E-state index >= 15 is 0 Å². The number of aromatic amines is 2. The Kier molecular flexibility index (Phi) is 5.33. The number of hydrogen-bond acceptors (Lipinski definition) is 5. The molecule has 4 heterocycles. The Labute approximate surface area is 187 Å². The second-order valence-corrected chi connectivity index (χ2v) is 8.11. The first kappa shape index (κ1) is 20.2. The van der Waals surface area contributed by atoms with Crippen molar-refractivity contribution in [1.82, 2.24) is 25.1 Å². The quantitative estimate of drug-likeness (QED) is 0.463. The van der Waals surface area contributed by atoms with Gasteiger partial charge in [-0.1, -0.05) is 18.7 Å². The molecule has 1 aromatic carbocycles. The summed E-state index contributed by atoms with van der Waals surface area (Å²) < 4.78 is 0. The van der Waals surface area contributed by atoms with Gasteiger partial charge in [-0.2, -0.15) is 5.10 Å². The first-order valence-corrected chi connectivity index (χ1v) is 10.9. The topological polar surface area (TPSA) is 76.2 Å². The molecule has 0 atom stereocenters. The van der Waals surface area contributed by atoms with E-state index in [0.717, 1.165) is 76.3 Å². The molecule has 0 bridgehead atoms. The van der Waals surface area contributed by atoms with Crippen LogP contribution in [-0.4, -0.2) is 64.5 Å². The lowest BCUT2D eigenvalue weighted by Gasteiger charge is -2.33. The molecule has 0 saturated carbocycles. The molecule has 1 aliphatic heterocycles. The van der Waals surface area contributed by atoms with Crippen LogP contribution in [0.5, 0.6) is 0 Å². The zero-order valence-corrected chi connectivity index (χ0v) is 18.5. The summed E-state index contributed by atoms with van der Waals surface area (Å²) in [6, 6.07) is 10.5. The standard InChI is InChI=1S/C25H27N7/c1-4-17(16-26-5-2)18-6-7-22-19(14-18)24(30-29-22)23-15-20-21(28-23)8-9-27-25(20)32-12-10-31(3)11-13-32/h4-9,14-16,28H,2,10-13H2,1,3H3,(H,29,30)/b17-4+,26-16?. The molecule has 1 saturated heterocycles. The molecule has 162 valence electrons. The minimum atomic E-state index is 0.901. The molecule has 7 nitrogen and oxygen atoms in total. The van der Waals surface area contributed by atoms with Crippen LogP contribution in [0.3, 0.4) is 0 Å². The highest BCUT2D eigenvalue weighted by atomic mass is 15.3. The Bertz CT molecular complexity index is 1330. The van der Waals surface area contributed by atoms with Crippen molar-refractivity contribution in [2.45, 2.75) is 6.92 Å². The first-order valence-electron chi connectivity index (χ1n) is 10.9.